The molecule has 4 nitrogen and oxygen atoms in total. The van der Waals surface area contributed by atoms with E-state index in [0.717, 1.165) is 6.42 Å². The second kappa shape index (κ2) is 6.66. The lowest BCUT2D eigenvalue weighted by atomic mass is 10.4. The number of hydrogen-bond acceptors (Lipinski definition) is 4. The highest BCUT2D eigenvalue weighted by Gasteiger charge is 2.03. The molecule has 0 amide bonds. The molecule has 0 bridgehead atoms. The Morgan fingerprint density at radius 2 is 2.06 bits per heavy atom. The molecule has 5 heteroatoms. The third-order valence-electron chi connectivity index (χ3n) is 1.82. The van der Waals surface area contributed by atoms with Crippen molar-refractivity contribution in [1.82, 2.24) is 9.97 Å². The second-order valence-electron chi connectivity index (χ2n) is 3.57. The van der Waals surface area contributed by atoms with E-state index in [0.29, 0.717) is 30.1 Å². The highest BCUT2D eigenvalue weighted by Crippen LogP contribution is 2.13. The van der Waals surface area contributed by atoms with Crippen LogP contribution in [0.5, 0.6) is 5.88 Å². The number of rotatable bonds is 6. The summed E-state index contributed by atoms with van der Waals surface area (Å²) in [5.74, 6) is 1.19. The Kier molecular flexibility index (Phi) is 5.49. The number of ether oxygens (including phenoxy) is 2. The number of nitrogens with zero attached hydrogens (tertiary/aromatic N) is 2. The van der Waals surface area contributed by atoms with Crippen molar-refractivity contribution in [1.29, 1.82) is 0 Å². The fourth-order valence-corrected chi connectivity index (χ4v) is 1.29. The molecule has 0 aliphatic carbocycles. The van der Waals surface area contributed by atoms with Crippen LogP contribution in [-0.2, 0) is 11.2 Å². The van der Waals surface area contributed by atoms with Gasteiger partial charge in [0.15, 0.2) is 0 Å². The Morgan fingerprint density at radius 1 is 1.31 bits per heavy atom. The lowest BCUT2D eigenvalue weighted by Crippen LogP contribution is -2.12. The van der Waals surface area contributed by atoms with E-state index in [4.69, 9.17) is 21.1 Å². The first kappa shape index (κ1) is 13.2. The summed E-state index contributed by atoms with van der Waals surface area (Å²) in [5, 5.41) is 0.409. The first-order valence-electron chi connectivity index (χ1n) is 5.39. The summed E-state index contributed by atoms with van der Waals surface area (Å²) in [5.41, 5.74) is 0. The largest absolute Gasteiger partial charge is 0.475 e. The van der Waals surface area contributed by atoms with Crippen molar-refractivity contribution >= 4 is 11.6 Å². The fraction of sp³-hybridized carbons (Fsp3) is 0.636. The third kappa shape index (κ3) is 4.77. The molecule has 16 heavy (non-hydrogen) atoms. The van der Waals surface area contributed by atoms with E-state index in [-0.39, 0.29) is 6.10 Å². The molecule has 0 aliphatic rings. The van der Waals surface area contributed by atoms with Gasteiger partial charge in [-0.15, -0.1) is 0 Å². The first-order valence-corrected chi connectivity index (χ1v) is 5.77. The van der Waals surface area contributed by atoms with Crippen LogP contribution in [0.25, 0.3) is 0 Å². The van der Waals surface area contributed by atoms with E-state index in [1.807, 2.05) is 20.8 Å². The van der Waals surface area contributed by atoms with E-state index >= 15 is 0 Å². The first-order chi connectivity index (χ1) is 7.61. The van der Waals surface area contributed by atoms with Crippen LogP contribution in [0.3, 0.4) is 0 Å². The van der Waals surface area contributed by atoms with Crippen molar-refractivity contribution in [2.24, 2.45) is 0 Å². The topological polar surface area (TPSA) is 44.2 Å². The van der Waals surface area contributed by atoms with Crippen LogP contribution in [-0.4, -0.2) is 29.3 Å². The van der Waals surface area contributed by atoms with Crippen molar-refractivity contribution in [2.75, 3.05) is 13.2 Å². The summed E-state index contributed by atoms with van der Waals surface area (Å²) >= 11 is 5.83. The minimum absolute atomic E-state index is 0.212. The third-order valence-corrected chi connectivity index (χ3v) is 2.01. The standard InChI is InChI=1S/C11H17ClN2O2/c1-4-10-13-9(12)7-11(14-10)16-6-5-15-8(2)3/h7-8H,4-6H2,1-3H3. The van der Waals surface area contributed by atoms with Gasteiger partial charge in [-0.25, -0.2) is 4.98 Å². The number of aryl methyl sites for hydroxylation is 1. The molecular weight excluding hydrogens is 228 g/mol. The van der Waals surface area contributed by atoms with Crippen LogP contribution >= 0.6 is 11.6 Å². The van der Waals surface area contributed by atoms with Gasteiger partial charge in [-0.1, -0.05) is 18.5 Å². The Hall–Kier alpha value is -0.870. The van der Waals surface area contributed by atoms with Crippen LogP contribution in [0.1, 0.15) is 26.6 Å². The molecular formula is C11H17ClN2O2. The summed E-state index contributed by atoms with van der Waals surface area (Å²) in [4.78, 5) is 8.25. The summed E-state index contributed by atoms with van der Waals surface area (Å²) in [7, 11) is 0. The van der Waals surface area contributed by atoms with Crippen LogP contribution in [0.15, 0.2) is 6.07 Å². The number of halogens is 1. The average Bonchev–Trinajstić information content (AvgIpc) is 2.23. The molecule has 1 aromatic heterocycles. The van der Waals surface area contributed by atoms with Gasteiger partial charge >= 0.3 is 0 Å². The minimum atomic E-state index is 0.212. The Balaban J connectivity index is 2.44. The van der Waals surface area contributed by atoms with E-state index in [9.17, 15) is 0 Å². The van der Waals surface area contributed by atoms with Crippen molar-refractivity contribution in [2.45, 2.75) is 33.3 Å². The van der Waals surface area contributed by atoms with Gasteiger partial charge in [0.1, 0.15) is 17.6 Å². The molecule has 1 aromatic rings. The molecule has 0 aliphatic heterocycles. The normalized spacial score (nSPS) is 10.8. The molecule has 0 unspecified atom stereocenters. The Labute approximate surface area is 101 Å². The van der Waals surface area contributed by atoms with Gasteiger partial charge in [-0.2, -0.15) is 4.98 Å². The molecule has 0 saturated carbocycles. The van der Waals surface area contributed by atoms with Gasteiger partial charge in [0, 0.05) is 12.5 Å². The molecule has 0 atom stereocenters. The van der Waals surface area contributed by atoms with Gasteiger partial charge in [0.2, 0.25) is 5.88 Å². The van der Waals surface area contributed by atoms with Crippen molar-refractivity contribution < 1.29 is 9.47 Å². The lowest BCUT2D eigenvalue weighted by molar-refractivity contribution is 0.0542. The van der Waals surface area contributed by atoms with E-state index in [2.05, 4.69) is 9.97 Å². The maximum atomic E-state index is 5.83. The quantitative estimate of drug-likeness (QED) is 0.570. The summed E-state index contributed by atoms with van der Waals surface area (Å²) in [6.07, 6.45) is 0.947. The molecule has 1 heterocycles. The molecule has 0 spiro atoms. The molecule has 90 valence electrons. The number of aromatic nitrogens is 2. The molecule has 0 fully saturated rings. The fourth-order valence-electron chi connectivity index (χ4n) is 1.10. The molecule has 0 radical (unpaired) electrons. The molecule has 0 N–H and O–H groups in total. The predicted octanol–water partition coefficient (Wildman–Crippen LogP) is 2.50. The zero-order valence-electron chi connectivity index (χ0n) is 9.86. The zero-order valence-corrected chi connectivity index (χ0v) is 10.6. The van der Waals surface area contributed by atoms with Gasteiger partial charge < -0.3 is 9.47 Å². The Bertz CT molecular complexity index is 332. The van der Waals surface area contributed by atoms with Crippen LogP contribution < -0.4 is 4.74 Å². The highest BCUT2D eigenvalue weighted by atomic mass is 35.5. The Morgan fingerprint density at radius 3 is 2.69 bits per heavy atom. The maximum Gasteiger partial charge on any atom is 0.218 e. The maximum absolute atomic E-state index is 5.83. The van der Waals surface area contributed by atoms with Crippen LogP contribution in [0.2, 0.25) is 5.15 Å². The number of hydrogen-bond donors (Lipinski definition) is 0. The van der Waals surface area contributed by atoms with Crippen molar-refractivity contribution in [3.63, 3.8) is 0 Å². The zero-order chi connectivity index (χ0) is 12.0. The minimum Gasteiger partial charge on any atom is -0.475 e. The van der Waals surface area contributed by atoms with Gasteiger partial charge in [0.25, 0.3) is 0 Å². The van der Waals surface area contributed by atoms with Crippen LogP contribution in [0.4, 0.5) is 0 Å². The summed E-state index contributed by atoms with van der Waals surface area (Å²) < 4.78 is 10.8. The summed E-state index contributed by atoms with van der Waals surface area (Å²) in [6, 6.07) is 1.61. The smallest absolute Gasteiger partial charge is 0.218 e. The summed E-state index contributed by atoms with van der Waals surface area (Å²) in [6.45, 7) is 6.94. The van der Waals surface area contributed by atoms with Gasteiger partial charge in [0.05, 0.1) is 12.7 Å². The molecule has 1 rings (SSSR count). The highest BCUT2D eigenvalue weighted by molar-refractivity contribution is 6.29. The van der Waals surface area contributed by atoms with Crippen molar-refractivity contribution in [3.8, 4) is 5.88 Å². The average molecular weight is 245 g/mol. The second-order valence-corrected chi connectivity index (χ2v) is 3.95. The lowest BCUT2D eigenvalue weighted by Gasteiger charge is -2.09. The van der Waals surface area contributed by atoms with Gasteiger partial charge in [-0.3, -0.25) is 0 Å². The van der Waals surface area contributed by atoms with E-state index in [1.54, 1.807) is 6.07 Å². The van der Waals surface area contributed by atoms with Crippen molar-refractivity contribution in [3.05, 3.63) is 17.0 Å². The van der Waals surface area contributed by atoms with E-state index < -0.39 is 0 Å². The predicted molar refractivity (Wildman–Crippen MR) is 63.0 cm³/mol. The van der Waals surface area contributed by atoms with Gasteiger partial charge in [-0.05, 0) is 13.8 Å². The molecule has 0 aromatic carbocycles. The SMILES string of the molecule is CCc1nc(Cl)cc(OCCOC(C)C)n1. The monoisotopic (exact) mass is 244 g/mol. The van der Waals surface area contributed by atoms with Crippen LogP contribution in [0, 0.1) is 0 Å². The van der Waals surface area contributed by atoms with E-state index in [1.165, 1.54) is 0 Å². The molecule has 0 saturated heterocycles.